The minimum Gasteiger partial charge on any atom is -0.491 e. The van der Waals surface area contributed by atoms with E-state index in [9.17, 15) is 0 Å². The average Bonchev–Trinajstić information content (AvgIpc) is 3.06. The molecule has 16 heteroatoms. The van der Waals surface area contributed by atoms with Gasteiger partial charge in [-0.2, -0.15) is 10.2 Å². The Bertz CT molecular complexity index is 1750. The van der Waals surface area contributed by atoms with E-state index in [0.29, 0.717) is 34.1 Å². The summed E-state index contributed by atoms with van der Waals surface area (Å²) in [6.07, 6.45) is 3.13. The first-order chi connectivity index (χ1) is 23.4. The Morgan fingerprint density at radius 2 is 0.857 bits per heavy atom. The number of hydrazone groups is 2. The summed E-state index contributed by atoms with van der Waals surface area (Å²) in [5, 5.41) is 22.9. The smallest absolute Gasteiger partial charge is 0.132 e. The summed E-state index contributed by atoms with van der Waals surface area (Å²) in [6, 6.07) is 22.0. The van der Waals surface area contributed by atoms with Crippen LogP contribution in [0.3, 0.4) is 0 Å². The second kappa shape index (κ2) is 18.2. The number of nitrogen functional groups attached to an aromatic ring is 2. The zero-order valence-electron chi connectivity index (χ0n) is 25.8. The maximum absolute atomic E-state index is 7.81. The van der Waals surface area contributed by atoms with Gasteiger partial charge in [-0.1, -0.05) is 0 Å². The highest BCUT2D eigenvalue weighted by Gasteiger charge is 2.36. The summed E-state index contributed by atoms with van der Waals surface area (Å²) in [7, 11) is 0. The molecule has 0 atom stereocenters. The van der Waals surface area contributed by atoms with Crippen LogP contribution in [0.25, 0.3) is 0 Å². The van der Waals surface area contributed by atoms with E-state index in [1.54, 1.807) is 48.8 Å². The van der Waals surface area contributed by atoms with Gasteiger partial charge in [-0.25, -0.2) is 0 Å². The monoisotopic (exact) mass is 1110 g/mol. The molecular weight excluding hydrogens is 1080 g/mol. The van der Waals surface area contributed by atoms with Crippen LogP contribution in [0.4, 0.5) is 0 Å². The Hall–Kier alpha value is -3.12. The zero-order chi connectivity index (χ0) is 35.6. The lowest BCUT2D eigenvalue weighted by Crippen LogP contribution is -2.45. The minimum atomic E-state index is -0.883. The molecule has 0 aliphatic carbocycles. The van der Waals surface area contributed by atoms with Gasteiger partial charge in [0, 0.05) is 11.1 Å². The van der Waals surface area contributed by atoms with E-state index in [1.807, 2.05) is 36.4 Å². The highest BCUT2D eigenvalue weighted by molar-refractivity contribution is 14.1. The molecule has 49 heavy (non-hydrogen) atoms. The molecule has 0 spiro atoms. The lowest BCUT2D eigenvalue weighted by molar-refractivity contribution is -0.00435. The normalized spacial score (nSPS) is 12.5. The molecule has 0 aromatic heterocycles. The van der Waals surface area contributed by atoms with E-state index in [0.717, 1.165) is 25.4 Å². The summed E-state index contributed by atoms with van der Waals surface area (Å²) < 4.78 is 29.2. The van der Waals surface area contributed by atoms with Gasteiger partial charge in [-0.15, -0.1) is 0 Å². The predicted octanol–water partition coefficient (Wildman–Crippen LogP) is 5.86. The molecule has 4 aromatic carbocycles. The minimum absolute atomic E-state index is 0.0314. The second-order valence-electron chi connectivity index (χ2n) is 10.7. The summed E-state index contributed by atoms with van der Waals surface area (Å²) in [4.78, 5) is 0. The molecular formula is C33H32I4N8O4. The summed E-state index contributed by atoms with van der Waals surface area (Å²) in [5.74, 6) is 13.2. The first-order valence-electron chi connectivity index (χ1n) is 14.3. The molecule has 0 fully saturated rings. The van der Waals surface area contributed by atoms with Crippen molar-refractivity contribution >= 4 is 114 Å². The van der Waals surface area contributed by atoms with Crippen molar-refractivity contribution in [1.82, 2.24) is 0 Å². The molecule has 12 nitrogen and oxygen atoms in total. The number of ether oxygens (including phenoxy) is 4. The third-order valence-electron chi connectivity index (χ3n) is 6.98. The van der Waals surface area contributed by atoms with Crippen molar-refractivity contribution in [2.24, 2.45) is 38.8 Å². The molecule has 0 saturated heterocycles. The molecule has 256 valence electrons. The first-order valence-corrected chi connectivity index (χ1v) is 18.6. The summed E-state index contributed by atoms with van der Waals surface area (Å²) in [6.45, 7) is 0.555. The van der Waals surface area contributed by atoms with Gasteiger partial charge in [0.1, 0.15) is 66.5 Å². The third kappa shape index (κ3) is 10.9. The van der Waals surface area contributed by atoms with Gasteiger partial charge in [0.15, 0.2) is 0 Å². The van der Waals surface area contributed by atoms with E-state index in [2.05, 4.69) is 101 Å². The lowest BCUT2D eigenvalue weighted by Gasteiger charge is -2.33. The molecule has 0 aliphatic heterocycles. The number of halogens is 4. The van der Waals surface area contributed by atoms with E-state index in [1.165, 1.54) is 0 Å². The Labute approximate surface area is 338 Å². The number of hydrogen-bond donors (Lipinski definition) is 6. The third-order valence-corrected chi connectivity index (χ3v) is 10.4. The molecule has 0 radical (unpaired) electrons. The number of hydrogen-bond acceptors (Lipinski definition) is 10. The number of benzene rings is 4. The molecule has 0 unspecified atom stereocenters. The van der Waals surface area contributed by atoms with Crippen LogP contribution in [-0.4, -0.2) is 50.5 Å². The molecule has 0 bridgehead atoms. The topological polar surface area (TPSA) is 213 Å². The van der Waals surface area contributed by atoms with E-state index in [-0.39, 0.29) is 38.1 Å². The molecule has 0 saturated carbocycles. The summed E-state index contributed by atoms with van der Waals surface area (Å²) >= 11 is 8.75. The van der Waals surface area contributed by atoms with Gasteiger partial charge in [0.25, 0.3) is 0 Å². The second-order valence-corrected chi connectivity index (χ2v) is 15.4. The van der Waals surface area contributed by atoms with Crippen LogP contribution in [-0.2, 0) is 0 Å². The number of nitrogens with one attached hydrogen (secondary N) is 2. The maximum atomic E-state index is 7.81. The van der Waals surface area contributed by atoms with E-state index in [4.69, 9.17) is 52.9 Å². The Balaban J connectivity index is 1.72. The van der Waals surface area contributed by atoms with Crippen molar-refractivity contribution in [3.8, 4) is 23.0 Å². The SMILES string of the molecule is N=C(N)c1ccc(OCC(COc2ccc(C=NN)cc2I)(COc2ccc(C=NN)cc2I)COc2ccc(C(=N)N)cc2I)c(I)c1. The molecule has 0 aliphatic rings. The Morgan fingerprint density at radius 3 is 1.12 bits per heavy atom. The molecule has 4 rings (SSSR count). The Morgan fingerprint density at radius 1 is 0.551 bits per heavy atom. The van der Waals surface area contributed by atoms with Crippen LogP contribution < -0.4 is 42.1 Å². The van der Waals surface area contributed by atoms with Crippen LogP contribution in [0, 0.1) is 30.5 Å². The Kier molecular flexibility index (Phi) is 14.4. The predicted molar refractivity (Wildman–Crippen MR) is 227 cm³/mol. The fraction of sp³-hybridized carbons (Fsp3) is 0.152. The zero-order valence-corrected chi connectivity index (χ0v) is 34.4. The van der Waals surface area contributed by atoms with Crippen LogP contribution in [0.1, 0.15) is 22.3 Å². The van der Waals surface area contributed by atoms with Crippen molar-refractivity contribution in [1.29, 1.82) is 10.8 Å². The van der Waals surface area contributed by atoms with Crippen LogP contribution in [0.15, 0.2) is 83.0 Å². The van der Waals surface area contributed by atoms with E-state index >= 15 is 0 Å². The average molecular weight is 1110 g/mol. The van der Waals surface area contributed by atoms with Crippen molar-refractivity contribution in [3.63, 3.8) is 0 Å². The fourth-order valence-corrected chi connectivity index (χ4v) is 7.08. The maximum Gasteiger partial charge on any atom is 0.132 e. The molecule has 4 aromatic rings. The van der Waals surface area contributed by atoms with Crippen LogP contribution in [0.2, 0.25) is 0 Å². The van der Waals surface area contributed by atoms with Gasteiger partial charge in [0.05, 0.1) is 26.7 Å². The van der Waals surface area contributed by atoms with Crippen LogP contribution >= 0.6 is 90.4 Å². The number of amidine groups is 2. The van der Waals surface area contributed by atoms with Crippen molar-refractivity contribution < 1.29 is 18.9 Å². The highest BCUT2D eigenvalue weighted by atomic mass is 127. The van der Waals surface area contributed by atoms with Gasteiger partial charge < -0.3 is 42.1 Å². The van der Waals surface area contributed by atoms with Crippen LogP contribution in [0.5, 0.6) is 23.0 Å². The largest absolute Gasteiger partial charge is 0.491 e. The highest BCUT2D eigenvalue weighted by Crippen LogP contribution is 2.32. The van der Waals surface area contributed by atoms with Crippen molar-refractivity contribution in [2.75, 3.05) is 26.4 Å². The summed E-state index contributed by atoms with van der Waals surface area (Å²) in [5.41, 5.74) is 13.4. The lowest BCUT2D eigenvalue weighted by atomic mass is 9.92. The van der Waals surface area contributed by atoms with Gasteiger partial charge in [0.2, 0.25) is 0 Å². The van der Waals surface area contributed by atoms with E-state index < -0.39 is 5.41 Å². The standard InChI is InChI=1S/C33H32I4N8O4/c34-23-9-19(13-44-42)1-5-27(23)46-15-33(16-47-28-6-2-20(14-45-43)10-24(28)35,17-48-29-7-3-21(31(38)39)11-25(29)36)18-49-30-8-4-22(32(40)41)12-26(30)37/h1-14H,15-18,42-43H2,(H3,38,39)(H3,40,41). The number of nitrogens with two attached hydrogens (primary N) is 4. The first kappa shape index (κ1) is 38.7. The quantitative estimate of drug-likeness (QED) is 0.0262. The molecule has 0 amide bonds. The molecule has 0 heterocycles. The van der Waals surface area contributed by atoms with Gasteiger partial charge >= 0.3 is 0 Å². The van der Waals surface area contributed by atoms with Crippen molar-refractivity contribution in [3.05, 3.63) is 109 Å². The van der Waals surface area contributed by atoms with Gasteiger partial charge in [-0.3, -0.25) is 10.8 Å². The molecule has 10 N–H and O–H groups in total. The fourth-order valence-electron chi connectivity index (χ4n) is 4.35. The van der Waals surface area contributed by atoms with Gasteiger partial charge in [-0.05, 0) is 174 Å². The van der Waals surface area contributed by atoms with Crippen molar-refractivity contribution in [2.45, 2.75) is 0 Å². The number of nitrogens with zero attached hydrogens (tertiary/aromatic N) is 2. The number of rotatable bonds is 16.